The summed E-state index contributed by atoms with van der Waals surface area (Å²) < 4.78 is 1.98. The molecule has 2 aromatic carbocycles. The van der Waals surface area contributed by atoms with Crippen LogP contribution in [0.2, 0.25) is 0 Å². The molecule has 0 aliphatic heterocycles. The van der Waals surface area contributed by atoms with Gasteiger partial charge in [-0.25, -0.2) is 9.78 Å². The first-order valence-corrected chi connectivity index (χ1v) is 9.94. The Morgan fingerprint density at radius 1 is 1.06 bits per heavy atom. The maximum atomic E-state index is 11.3. The molecule has 0 aliphatic rings. The van der Waals surface area contributed by atoms with Crippen LogP contribution in [0, 0.1) is 25.2 Å². The van der Waals surface area contributed by atoms with Gasteiger partial charge in [0.25, 0.3) is 0 Å². The van der Waals surface area contributed by atoms with Crippen LogP contribution in [0.1, 0.15) is 39.7 Å². The van der Waals surface area contributed by atoms with Crippen molar-refractivity contribution in [1.29, 1.82) is 5.26 Å². The molecule has 5 nitrogen and oxygen atoms in total. The Balaban J connectivity index is 2.17. The summed E-state index contributed by atoms with van der Waals surface area (Å²) >= 11 is 0. The second-order valence-corrected chi connectivity index (χ2v) is 7.42. The van der Waals surface area contributed by atoms with Gasteiger partial charge in [0.1, 0.15) is 11.7 Å². The topological polar surface area (TPSA) is 78.9 Å². The summed E-state index contributed by atoms with van der Waals surface area (Å²) in [5.74, 6) is -1.07. The van der Waals surface area contributed by atoms with Crippen LogP contribution >= 0.6 is 0 Å². The van der Waals surface area contributed by atoms with E-state index < -0.39 is 5.97 Å². The SMILES string of the molecule is Cc1cc(C)c2c(C#N)c(C=CC(=O)O)n(C(c3ccccc3)c3ccccc3)c2n1. The summed E-state index contributed by atoms with van der Waals surface area (Å²) in [7, 11) is 0. The Bertz CT molecular complexity index is 1290. The number of aryl methyl sites for hydroxylation is 2. The highest BCUT2D eigenvalue weighted by molar-refractivity contribution is 5.94. The fourth-order valence-corrected chi connectivity index (χ4v) is 4.11. The van der Waals surface area contributed by atoms with E-state index in [1.54, 1.807) is 0 Å². The molecular formula is C26H21N3O2. The average Bonchev–Trinajstić information content (AvgIpc) is 3.07. The van der Waals surface area contributed by atoms with E-state index in [-0.39, 0.29) is 6.04 Å². The van der Waals surface area contributed by atoms with E-state index in [0.29, 0.717) is 16.9 Å². The molecule has 0 aliphatic carbocycles. The zero-order valence-electron chi connectivity index (χ0n) is 17.3. The number of aliphatic carboxylic acids is 1. The normalized spacial score (nSPS) is 11.3. The molecule has 0 fully saturated rings. The van der Waals surface area contributed by atoms with Gasteiger partial charge < -0.3 is 9.67 Å². The smallest absolute Gasteiger partial charge is 0.328 e. The first kappa shape index (κ1) is 20.1. The van der Waals surface area contributed by atoms with Crippen LogP contribution in [-0.2, 0) is 4.79 Å². The van der Waals surface area contributed by atoms with E-state index in [1.807, 2.05) is 85.1 Å². The van der Waals surface area contributed by atoms with Crippen molar-refractivity contribution >= 4 is 23.1 Å². The fourth-order valence-electron chi connectivity index (χ4n) is 4.11. The van der Waals surface area contributed by atoms with Gasteiger partial charge in [-0.3, -0.25) is 0 Å². The molecule has 0 spiro atoms. The second kappa shape index (κ2) is 8.29. The van der Waals surface area contributed by atoms with Gasteiger partial charge in [-0.15, -0.1) is 0 Å². The first-order chi connectivity index (χ1) is 15.0. The molecule has 2 heterocycles. The number of benzene rings is 2. The van der Waals surface area contributed by atoms with Gasteiger partial charge in [0, 0.05) is 17.2 Å². The van der Waals surface area contributed by atoms with Gasteiger partial charge in [0.2, 0.25) is 0 Å². The van der Waals surface area contributed by atoms with Crippen LogP contribution in [0.15, 0.2) is 72.8 Å². The third-order valence-electron chi connectivity index (χ3n) is 5.30. The number of nitriles is 1. The van der Waals surface area contributed by atoms with E-state index in [4.69, 9.17) is 4.98 Å². The fraction of sp³-hybridized carbons (Fsp3) is 0.115. The first-order valence-electron chi connectivity index (χ1n) is 9.94. The maximum Gasteiger partial charge on any atom is 0.328 e. The molecule has 4 rings (SSSR count). The third kappa shape index (κ3) is 3.72. The Morgan fingerprint density at radius 2 is 1.65 bits per heavy atom. The van der Waals surface area contributed by atoms with Crippen LogP contribution in [0.5, 0.6) is 0 Å². The summed E-state index contributed by atoms with van der Waals surface area (Å²) in [6, 6.07) is 23.9. The molecule has 5 heteroatoms. The molecule has 0 saturated heterocycles. The zero-order valence-corrected chi connectivity index (χ0v) is 17.3. The van der Waals surface area contributed by atoms with Crippen molar-refractivity contribution in [1.82, 2.24) is 9.55 Å². The summed E-state index contributed by atoms with van der Waals surface area (Å²) in [4.78, 5) is 16.1. The minimum atomic E-state index is -1.07. The van der Waals surface area contributed by atoms with Gasteiger partial charge in [0.05, 0.1) is 17.3 Å². The number of carbonyl (C=O) groups is 1. The molecule has 4 aromatic rings. The van der Waals surface area contributed by atoms with Gasteiger partial charge in [-0.2, -0.15) is 5.26 Å². The molecular weight excluding hydrogens is 386 g/mol. The zero-order chi connectivity index (χ0) is 22.0. The molecule has 0 unspecified atom stereocenters. The number of pyridine rings is 1. The Kier molecular flexibility index (Phi) is 5.38. The van der Waals surface area contributed by atoms with E-state index in [1.165, 1.54) is 6.08 Å². The van der Waals surface area contributed by atoms with Crippen LogP contribution < -0.4 is 0 Å². The summed E-state index contributed by atoms with van der Waals surface area (Å²) in [5, 5.41) is 20.1. The van der Waals surface area contributed by atoms with Crippen LogP contribution in [-0.4, -0.2) is 20.6 Å². The van der Waals surface area contributed by atoms with Crippen molar-refractivity contribution in [2.45, 2.75) is 19.9 Å². The number of nitrogens with zero attached hydrogens (tertiary/aromatic N) is 3. The highest BCUT2D eigenvalue weighted by Crippen LogP contribution is 2.37. The standard InChI is InChI=1S/C26H21N3O2/c1-17-15-18(2)28-26-24(17)21(16-27)22(13-14-23(30)31)29(26)25(19-9-5-3-6-10-19)20-11-7-4-8-12-20/h3-15,25H,1-2H3,(H,30,31). The summed E-state index contributed by atoms with van der Waals surface area (Å²) in [5.41, 5.74) is 5.41. The van der Waals surface area contributed by atoms with Gasteiger partial charge in [0.15, 0.2) is 0 Å². The highest BCUT2D eigenvalue weighted by atomic mass is 16.4. The minimum Gasteiger partial charge on any atom is -0.478 e. The largest absolute Gasteiger partial charge is 0.478 e. The Morgan fingerprint density at radius 3 is 2.16 bits per heavy atom. The van der Waals surface area contributed by atoms with E-state index >= 15 is 0 Å². The van der Waals surface area contributed by atoms with Crippen molar-refractivity contribution in [3.8, 4) is 6.07 Å². The van der Waals surface area contributed by atoms with Crippen molar-refractivity contribution in [2.75, 3.05) is 0 Å². The summed E-state index contributed by atoms with van der Waals surface area (Å²) in [6.45, 7) is 3.87. The Labute approximate surface area is 180 Å². The molecule has 0 radical (unpaired) electrons. The quantitative estimate of drug-likeness (QED) is 0.458. The molecule has 1 N–H and O–H groups in total. The minimum absolute atomic E-state index is 0.283. The number of rotatable bonds is 5. The van der Waals surface area contributed by atoms with Crippen molar-refractivity contribution < 1.29 is 9.90 Å². The number of hydrogen-bond donors (Lipinski definition) is 1. The number of aromatic nitrogens is 2. The second-order valence-electron chi connectivity index (χ2n) is 7.42. The summed E-state index contributed by atoms with van der Waals surface area (Å²) in [6.07, 6.45) is 2.57. The lowest BCUT2D eigenvalue weighted by Gasteiger charge is -2.23. The lowest BCUT2D eigenvalue weighted by molar-refractivity contribution is -0.131. The molecule has 0 amide bonds. The van der Waals surface area contributed by atoms with Crippen LogP contribution in [0.4, 0.5) is 0 Å². The van der Waals surface area contributed by atoms with Crippen molar-refractivity contribution in [3.05, 3.63) is 106 Å². The van der Waals surface area contributed by atoms with Crippen LogP contribution in [0.3, 0.4) is 0 Å². The van der Waals surface area contributed by atoms with Crippen molar-refractivity contribution in [3.63, 3.8) is 0 Å². The maximum absolute atomic E-state index is 11.3. The van der Waals surface area contributed by atoms with E-state index in [0.717, 1.165) is 33.8 Å². The van der Waals surface area contributed by atoms with Gasteiger partial charge in [-0.1, -0.05) is 60.7 Å². The number of carboxylic acid groups (broad SMARTS) is 1. The number of hydrogen-bond acceptors (Lipinski definition) is 3. The molecule has 0 atom stereocenters. The molecule has 31 heavy (non-hydrogen) atoms. The predicted octanol–water partition coefficient (Wildman–Crippen LogP) is 5.26. The molecule has 0 saturated carbocycles. The lowest BCUT2D eigenvalue weighted by atomic mass is 9.98. The third-order valence-corrected chi connectivity index (χ3v) is 5.30. The average molecular weight is 407 g/mol. The van der Waals surface area contributed by atoms with E-state index in [9.17, 15) is 15.2 Å². The number of fused-ring (bicyclic) bond motifs is 1. The van der Waals surface area contributed by atoms with Crippen molar-refractivity contribution in [2.24, 2.45) is 0 Å². The molecule has 0 bridgehead atoms. The Hall–Kier alpha value is -4.17. The van der Waals surface area contributed by atoms with Gasteiger partial charge >= 0.3 is 5.97 Å². The van der Waals surface area contributed by atoms with Crippen LogP contribution in [0.25, 0.3) is 17.1 Å². The van der Waals surface area contributed by atoms with E-state index in [2.05, 4.69) is 6.07 Å². The van der Waals surface area contributed by atoms with Gasteiger partial charge in [-0.05, 0) is 42.7 Å². The molecule has 152 valence electrons. The number of carboxylic acids is 1. The highest BCUT2D eigenvalue weighted by Gasteiger charge is 2.26. The molecule has 2 aromatic heterocycles. The monoisotopic (exact) mass is 407 g/mol. The predicted molar refractivity (Wildman–Crippen MR) is 121 cm³/mol. The lowest BCUT2D eigenvalue weighted by Crippen LogP contribution is -2.15.